The average Bonchev–Trinajstić information content (AvgIpc) is 2.57. The van der Waals surface area contributed by atoms with Crippen molar-refractivity contribution >= 4 is 11.9 Å². The number of methoxy groups -OCH3 is 1. The van der Waals surface area contributed by atoms with Gasteiger partial charge in [0.25, 0.3) is 5.91 Å². The first kappa shape index (κ1) is 19.0. The zero-order chi connectivity index (χ0) is 17.3. The van der Waals surface area contributed by atoms with Gasteiger partial charge in [-0.2, -0.15) is 0 Å². The normalized spacial score (nSPS) is 12.0. The standard InChI is InChI=1S/C17H28N4O2/c1-17(2,23-5)12-21-16(19-4)20-10-9-13-7-6-8-14(11-13)15(22)18-3/h6-8,11H,9-10,12H2,1-5H3,(H,18,22)(H2,19,20,21). The van der Waals surface area contributed by atoms with Crippen LogP contribution in [0.3, 0.4) is 0 Å². The summed E-state index contributed by atoms with van der Waals surface area (Å²) in [6, 6.07) is 7.63. The Morgan fingerprint density at radius 3 is 2.65 bits per heavy atom. The predicted molar refractivity (Wildman–Crippen MR) is 94.0 cm³/mol. The number of nitrogens with zero attached hydrogens (tertiary/aromatic N) is 1. The van der Waals surface area contributed by atoms with Crippen LogP contribution in [-0.4, -0.2) is 51.8 Å². The van der Waals surface area contributed by atoms with Gasteiger partial charge in [0.15, 0.2) is 5.96 Å². The van der Waals surface area contributed by atoms with E-state index in [1.807, 2.05) is 38.1 Å². The molecule has 0 atom stereocenters. The number of aliphatic imine (C=N–C) groups is 1. The molecule has 0 radical (unpaired) electrons. The first-order valence-electron chi connectivity index (χ1n) is 7.72. The van der Waals surface area contributed by atoms with Gasteiger partial charge >= 0.3 is 0 Å². The molecule has 0 fully saturated rings. The summed E-state index contributed by atoms with van der Waals surface area (Å²) in [6.45, 7) is 5.41. The fourth-order valence-corrected chi connectivity index (χ4v) is 1.93. The molecule has 6 nitrogen and oxygen atoms in total. The molecule has 0 aliphatic heterocycles. The molecule has 23 heavy (non-hydrogen) atoms. The maximum atomic E-state index is 11.6. The van der Waals surface area contributed by atoms with E-state index in [-0.39, 0.29) is 11.5 Å². The number of hydrogen-bond acceptors (Lipinski definition) is 3. The Balaban J connectivity index is 2.47. The first-order chi connectivity index (χ1) is 10.9. The highest BCUT2D eigenvalue weighted by Crippen LogP contribution is 2.06. The molecule has 0 heterocycles. The molecule has 0 aliphatic carbocycles. The van der Waals surface area contributed by atoms with E-state index in [0.717, 1.165) is 24.5 Å². The largest absolute Gasteiger partial charge is 0.377 e. The SMILES string of the molecule is CN=C(NCCc1cccc(C(=O)NC)c1)NCC(C)(C)OC. The van der Waals surface area contributed by atoms with Crippen LogP contribution >= 0.6 is 0 Å². The van der Waals surface area contributed by atoms with Gasteiger partial charge in [0.2, 0.25) is 0 Å². The number of rotatable bonds is 7. The maximum Gasteiger partial charge on any atom is 0.251 e. The van der Waals surface area contributed by atoms with E-state index in [0.29, 0.717) is 12.1 Å². The molecule has 128 valence electrons. The lowest BCUT2D eigenvalue weighted by Gasteiger charge is -2.24. The van der Waals surface area contributed by atoms with Crippen molar-refractivity contribution in [3.05, 3.63) is 35.4 Å². The molecule has 0 saturated carbocycles. The van der Waals surface area contributed by atoms with E-state index in [2.05, 4.69) is 20.9 Å². The maximum absolute atomic E-state index is 11.6. The van der Waals surface area contributed by atoms with Gasteiger partial charge in [-0.25, -0.2) is 0 Å². The molecular formula is C17H28N4O2. The number of ether oxygens (including phenoxy) is 1. The number of carbonyl (C=O) groups is 1. The van der Waals surface area contributed by atoms with Crippen LogP contribution in [0.5, 0.6) is 0 Å². The number of hydrogen-bond donors (Lipinski definition) is 3. The molecule has 6 heteroatoms. The number of carbonyl (C=O) groups excluding carboxylic acids is 1. The van der Waals surface area contributed by atoms with Gasteiger partial charge in [-0.15, -0.1) is 0 Å². The minimum absolute atomic E-state index is 0.0703. The molecule has 1 aromatic carbocycles. The summed E-state index contributed by atoms with van der Waals surface area (Å²) >= 11 is 0. The lowest BCUT2D eigenvalue weighted by atomic mass is 10.1. The van der Waals surface area contributed by atoms with Crippen LogP contribution in [0.1, 0.15) is 29.8 Å². The van der Waals surface area contributed by atoms with Gasteiger partial charge in [0.1, 0.15) is 0 Å². The monoisotopic (exact) mass is 320 g/mol. The highest BCUT2D eigenvalue weighted by atomic mass is 16.5. The smallest absolute Gasteiger partial charge is 0.251 e. The number of benzene rings is 1. The molecule has 0 aliphatic rings. The zero-order valence-electron chi connectivity index (χ0n) is 14.7. The van der Waals surface area contributed by atoms with Gasteiger partial charge in [0, 0.05) is 39.9 Å². The molecule has 0 saturated heterocycles. The van der Waals surface area contributed by atoms with Crippen molar-refractivity contribution in [1.82, 2.24) is 16.0 Å². The summed E-state index contributed by atoms with van der Waals surface area (Å²) in [5.41, 5.74) is 1.53. The van der Waals surface area contributed by atoms with Crippen molar-refractivity contribution in [3.8, 4) is 0 Å². The van der Waals surface area contributed by atoms with Gasteiger partial charge in [-0.05, 0) is 38.0 Å². The Bertz CT molecular complexity index is 541. The summed E-state index contributed by atoms with van der Waals surface area (Å²) in [7, 11) is 5.06. The minimum Gasteiger partial charge on any atom is -0.377 e. The quantitative estimate of drug-likeness (QED) is 0.521. The van der Waals surface area contributed by atoms with E-state index in [1.165, 1.54) is 0 Å². The molecular weight excluding hydrogens is 292 g/mol. The second kappa shape index (κ2) is 9.15. The summed E-state index contributed by atoms with van der Waals surface area (Å²) in [5, 5.41) is 9.13. The van der Waals surface area contributed by atoms with Crippen molar-refractivity contribution in [3.63, 3.8) is 0 Å². The summed E-state index contributed by atoms with van der Waals surface area (Å²) in [5.74, 6) is 0.664. The fourth-order valence-electron chi connectivity index (χ4n) is 1.93. The zero-order valence-corrected chi connectivity index (χ0v) is 14.7. The molecule has 3 N–H and O–H groups in total. The van der Waals surface area contributed by atoms with Crippen LogP contribution in [0.25, 0.3) is 0 Å². The molecule has 0 spiro atoms. The number of amides is 1. The highest BCUT2D eigenvalue weighted by molar-refractivity contribution is 5.94. The van der Waals surface area contributed by atoms with Crippen LogP contribution in [0.2, 0.25) is 0 Å². The van der Waals surface area contributed by atoms with Crippen LogP contribution in [0.15, 0.2) is 29.3 Å². The third kappa shape index (κ3) is 6.69. The lowest BCUT2D eigenvalue weighted by Crippen LogP contribution is -2.45. The van der Waals surface area contributed by atoms with Gasteiger partial charge < -0.3 is 20.7 Å². The van der Waals surface area contributed by atoms with E-state index in [4.69, 9.17) is 4.74 Å². The van der Waals surface area contributed by atoms with Crippen molar-refractivity contribution in [1.29, 1.82) is 0 Å². The van der Waals surface area contributed by atoms with E-state index < -0.39 is 0 Å². The Hall–Kier alpha value is -2.08. The third-order valence-corrected chi connectivity index (χ3v) is 3.58. The molecule has 0 aromatic heterocycles. The molecule has 0 unspecified atom stereocenters. The van der Waals surface area contributed by atoms with E-state index in [9.17, 15) is 4.79 Å². The first-order valence-corrected chi connectivity index (χ1v) is 7.72. The van der Waals surface area contributed by atoms with E-state index in [1.54, 1.807) is 21.2 Å². The Labute approximate surface area is 138 Å². The van der Waals surface area contributed by atoms with Gasteiger partial charge in [-0.3, -0.25) is 9.79 Å². The van der Waals surface area contributed by atoms with Crippen molar-refractivity contribution in [2.24, 2.45) is 4.99 Å². The number of guanidine groups is 1. The third-order valence-electron chi connectivity index (χ3n) is 3.58. The van der Waals surface area contributed by atoms with E-state index >= 15 is 0 Å². The summed E-state index contributed by atoms with van der Waals surface area (Å²) < 4.78 is 5.37. The Morgan fingerprint density at radius 2 is 2.04 bits per heavy atom. The van der Waals surface area contributed by atoms with Crippen molar-refractivity contribution < 1.29 is 9.53 Å². The molecule has 1 rings (SSSR count). The Kier molecular flexibility index (Phi) is 7.54. The molecule has 0 bridgehead atoms. The molecule has 1 aromatic rings. The van der Waals surface area contributed by atoms with Crippen LogP contribution in [0, 0.1) is 0 Å². The van der Waals surface area contributed by atoms with Gasteiger partial charge in [0.05, 0.1) is 5.60 Å². The van der Waals surface area contributed by atoms with Crippen LogP contribution in [0.4, 0.5) is 0 Å². The van der Waals surface area contributed by atoms with Crippen LogP contribution in [-0.2, 0) is 11.2 Å². The lowest BCUT2D eigenvalue weighted by molar-refractivity contribution is 0.0268. The summed E-state index contributed by atoms with van der Waals surface area (Å²) in [6.07, 6.45) is 0.805. The Morgan fingerprint density at radius 1 is 1.30 bits per heavy atom. The minimum atomic E-state index is -0.251. The number of nitrogens with one attached hydrogen (secondary N) is 3. The van der Waals surface area contributed by atoms with Gasteiger partial charge in [-0.1, -0.05) is 12.1 Å². The fraction of sp³-hybridized carbons (Fsp3) is 0.529. The second-order valence-electron chi connectivity index (χ2n) is 5.85. The average molecular weight is 320 g/mol. The summed E-state index contributed by atoms with van der Waals surface area (Å²) in [4.78, 5) is 15.8. The topological polar surface area (TPSA) is 74.8 Å². The predicted octanol–water partition coefficient (Wildman–Crippen LogP) is 1.18. The molecule has 1 amide bonds. The van der Waals surface area contributed by atoms with Crippen molar-refractivity contribution in [2.45, 2.75) is 25.9 Å². The highest BCUT2D eigenvalue weighted by Gasteiger charge is 2.16. The van der Waals surface area contributed by atoms with Crippen molar-refractivity contribution in [2.75, 3.05) is 34.3 Å². The second-order valence-corrected chi connectivity index (χ2v) is 5.85. The van der Waals surface area contributed by atoms with Crippen LogP contribution < -0.4 is 16.0 Å².